The number of fused-ring (bicyclic) bond motifs is 1. The molecular formula is C24H22FN3O5S. The van der Waals surface area contributed by atoms with Crippen LogP contribution in [0.2, 0.25) is 0 Å². The Morgan fingerprint density at radius 2 is 1.79 bits per heavy atom. The van der Waals surface area contributed by atoms with E-state index in [1.165, 1.54) is 19.2 Å². The van der Waals surface area contributed by atoms with Gasteiger partial charge in [0.15, 0.2) is 27.0 Å². The SMILES string of the molecule is COc1cc(F)ccc1Oc1nc2ccccc2nc1C(=O)NC1=CC=CC(S(C)(=O)=O)C1C. The summed E-state index contributed by atoms with van der Waals surface area (Å²) < 4.78 is 48.9. The summed E-state index contributed by atoms with van der Waals surface area (Å²) in [5.41, 5.74) is 1.25. The minimum Gasteiger partial charge on any atom is -0.493 e. The number of carbonyl (C=O) groups excluding carboxylic acids is 1. The number of nitrogens with one attached hydrogen (secondary N) is 1. The van der Waals surface area contributed by atoms with Crippen molar-refractivity contribution in [1.29, 1.82) is 0 Å². The van der Waals surface area contributed by atoms with Crippen molar-refractivity contribution in [2.24, 2.45) is 5.92 Å². The van der Waals surface area contributed by atoms with E-state index < -0.39 is 32.7 Å². The van der Waals surface area contributed by atoms with E-state index in [4.69, 9.17) is 9.47 Å². The van der Waals surface area contributed by atoms with Crippen molar-refractivity contribution in [2.75, 3.05) is 13.4 Å². The topological polar surface area (TPSA) is 107 Å². The fourth-order valence-corrected chi connectivity index (χ4v) is 4.92. The van der Waals surface area contributed by atoms with Crippen LogP contribution in [0, 0.1) is 11.7 Å². The van der Waals surface area contributed by atoms with Crippen LogP contribution in [0.25, 0.3) is 11.0 Å². The Hall–Kier alpha value is -3.79. The van der Waals surface area contributed by atoms with Gasteiger partial charge in [0.2, 0.25) is 0 Å². The fraction of sp³-hybridized carbons (Fsp3) is 0.208. The van der Waals surface area contributed by atoms with Crippen molar-refractivity contribution < 1.29 is 27.1 Å². The molecule has 0 saturated heterocycles. The maximum Gasteiger partial charge on any atom is 0.279 e. The van der Waals surface area contributed by atoms with Gasteiger partial charge >= 0.3 is 0 Å². The second-order valence-electron chi connectivity index (χ2n) is 7.81. The number of nitrogens with zero attached hydrogens (tertiary/aromatic N) is 2. The average Bonchev–Trinajstić information content (AvgIpc) is 2.80. The number of hydrogen-bond donors (Lipinski definition) is 1. The van der Waals surface area contributed by atoms with E-state index in [0.29, 0.717) is 16.7 Å². The summed E-state index contributed by atoms with van der Waals surface area (Å²) in [6, 6.07) is 10.6. The summed E-state index contributed by atoms with van der Waals surface area (Å²) in [6.07, 6.45) is 5.97. The summed E-state index contributed by atoms with van der Waals surface area (Å²) in [7, 11) is -2.01. The van der Waals surface area contributed by atoms with Crippen molar-refractivity contribution in [3.05, 3.63) is 77.9 Å². The standard InChI is InChI=1S/C24H22FN3O5S/c1-14-16(9-6-10-21(14)34(3,30)31)27-23(29)22-24(28-18-8-5-4-7-17(18)26-22)33-19-12-11-15(25)13-20(19)32-2/h4-14,21H,1-3H3,(H,27,29). The van der Waals surface area contributed by atoms with E-state index in [1.807, 2.05) is 0 Å². The zero-order valence-electron chi connectivity index (χ0n) is 18.7. The van der Waals surface area contributed by atoms with Crippen LogP contribution >= 0.6 is 0 Å². The minimum absolute atomic E-state index is 0.111. The smallest absolute Gasteiger partial charge is 0.279 e. The largest absolute Gasteiger partial charge is 0.493 e. The van der Waals surface area contributed by atoms with Crippen LogP contribution in [0.1, 0.15) is 17.4 Å². The number of allylic oxidation sites excluding steroid dienone is 3. The van der Waals surface area contributed by atoms with Crippen molar-refractivity contribution in [3.63, 3.8) is 0 Å². The molecule has 0 spiro atoms. The third-order valence-electron chi connectivity index (χ3n) is 5.40. The van der Waals surface area contributed by atoms with Gasteiger partial charge in [-0.25, -0.2) is 22.8 Å². The number of aromatic nitrogens is 2. The normalized spacial score (nSPS) is 17.8. The Labute approximate surface area is 196 Å². The molecule has 0 fully saturated rings. The van der Waals surface area contributed by atoms with Gasteiger partial charge in [-0.2, -0.15) is 0 Å². The Morgan fingerprint density at radius 3 is 2.47 bits per heavy atom. The number of rotatable bonds is 6. The van der Waals surface area contributed by atoms with Crippen LogP contribution in [0.5, 0.6) is 17.4 Å². The summed E-state index contributed by atoms with van der Waals surface area (Å²) in [6.45, 7) is 1.72. The maximum absolute atomic E-state index is 13.6. The summed E-state index contributed by atoms with van der Waals surface area (Å²) >= 11 is 0. The van der Waals surface area contributed by atoms with Gasteiger partial charge in [0.05, 0.1) is 23.4 Å². The lowest BCUT2D eigenvalue weighted by Crippen LogP contribution is -2.36. The first kappa shape index (κ1) is 23.4. The van der Waals surface area contributed by atoms with Crippen molar-refractivity contribution in [3.8, 4) is 17.4 Å². The second-order valence-corrected chi connectivity index (χ2v) is 10.0. The molecule has 0 radical (unpaired) electrons. The van der Waals surface area contributed by atoms with E-state index in [2.05, 4.69) is 15.3 Å². The van der Waals surface area contributed by atoms with E-state index in [1.54, 1.807) is 49.4 Å². The van der Waals surface area contributed by atoms with Gasteiger partial charge in [-0.05, 0) is 30.3 Å². The van der Waals surface area contributed by atoms with Gasteiger partial charge < -0.3 is 14.8 Å². The highest BCUT2D eigenvalue weighted by Gasteiger charge is 2.31. The van der Waals surface area contributed by atoms with E-state index in [9.17, 15) is 17.6 Å². The minimum atomic E-state index is -3.37. The van der Waals surface area contributed by atoms with Crippen LogP contribution in [0.4, 0.5) is 4.39 Å². The number of carbonyl (C=O) groups is 1. The number of benzene rings is 2. The van der Waals surface area contributed by atoms with Crippen LogP contribution in [-0.4, -0.2) is 42.9 Å². The molecule has 1 N–H and O–H groups in total. The molecule has 2 aromatic carbocycles. The van der Waals surface area contributed by atoms with Crippen LogP contribution in [0.15, 0.2) is 66.4 Å². The Kier molecular flexibility index (Phi) is 6.34. The van der Waals surface area contributed by atoms with Crippen molar-refractivity contribution >= 4 is 26.8 Å². The average molecular weight is 484 g/mol. The Morgan fingerprint density at radius 1 is 1.09 bits per heavy atom. The Balaban J connectivity index is 1.72. The summed E-state index contributed by atoms with van der Waals surface area (Å²) in [5.74, 6) is -1.48. The van der Waals surface area contributed by atoms with Crippen molar-refractivity contribution in [1.82, 2.24) is 15.3 Å². The lowest BCUT2D eigenvalue weighted by atomic mass is 9.98. The molecule has 2 atom stereocenters. The first-order valence-electron chi connectivity index (χ1n) is 10.3. The Bertz CT molecular complexity index is 1440. The maximum atomic E-state index is 13.6. The number of sulfone groups is 1. The van der Waals surface area contributed by atoms with Crippen molar-refractivity contribution in [2.45, 2.75) is 12.2 Å². The van der Waals surface area contributed by atoms with Gasteiger partial charge in [-0.1, -0.05) is 31.2 Å². The molecule has 1 aliphatic carbocycles. The molecule has 8 nitrogen and oxygen atoms in total. The molecule has 0 aliphatic heterocycles. The van der Waals surface area contributed by atoms with Gasteiger partial charge in [-0.15, -0.1) is 0 Å². The zero-order chi connectivity index (χ0) is 24.5. The predicted molar refractivity (Wildman–Crippen MR) is 125 cm³/mol. The summed E-state index contributed by atoms with van der Waals surface area (Å²) in [4.78, 5) is 22.1. The van der Waals surface area contributed by atoms with Gasteiger partial charge in [0, 0.05) is 23.9 Å². The zero-order valence-corrected chi connectivity index (χ0v) is 19.5. The predicted octanol–water partition coefficient (Wildman–Crippen LogP) is 3.80. The van der Waals surface area contributed by atoms with Crippen LogP contribution in [-0.2, 0) is 9.84 Å². The first-order chi connectivity index (χ1) is 16.2. The monoisotopic (exact) mass is 483 g/mol. The number of ether oxygens (including phenoxy) is 2. The van der Waals surface area contributed by atoms with Crippen LogP contribution in [0.3, 0.4) is 0 Å². The number of methoxy groups -OCH3 is 1. The van der Waals surface area contributed by atoms with Gasteiger partial charge in [-0.3, -0.25) is 4.79 Å². The lowest BCUT2D eigenvalue weighted by Gasteiger charge is -2.25. The quantitative estimate of drug-likeness (QED) is 0.568. The van der Waals surface area contributed by atoms with Gasteiger partial charge in [0.25, 0.3) is 11.8 Å². The number of amides is 1. The van der Waals surface area contributed by atoms with E-state index in [0.717, 1.165) is 12.3 Å². The van der Waals surface area contributed by atoms with Gasteiger partial charge in [0.1, 0.15) is 5.82 Å². The molecular weight excluding hydrogens is 461 g/mol. The van der Waals surface area contributed by atoms with Crippen LogP contribution < -0.4 is 14.8 Å². The molecule has 2 unspecified atom stereocenters. The lowest BCUT2D eigenvalue weighted by molar-refractivity contribution is 0.0954. The number of halogens is 1. The molecule has 1 aliphatic rings. The molecule has 3 aromatic rings. The fourth-order valence-electron chi connectivity index (χ4n) is 3.66. The highest BCUT2D eigenvalue weighted by Crippen LogP contribution is 2.33. The molecule has 10 heteroatoms. The molecule has 1 amide bonds. The molecule has 1 heterocycles. The third kappa shape index (κ3) is 4.76. The number of para-hydroxylation sites is 2. The molecule has 0 bridgehead atoms. The molecule has 0 saturated carbocycles. The molecule has 4 rings (SSSR count). The summed E-state index contributed by atoms with van der Waals surface area (Å²) in [5, 5.41) is 1.98. The number of hydrogen-bond acceptors (Lipinski definition) is 7. The molecule has 1 aromatic heterocycles. The third-order valence-corrected chi connectivity index (χ3v) is 6.95. The van der Waals surface area contributed by atoms with E-state index >= 15 is 0 Å². The highest BCUT2D eigenvalue weighted by atomic mass is 32.2. The van der Waals surface area contributed by atoms with E-state index in [-0.39, 0.29) is 23.1 Å². The molecule has 176 valence electrons. The first-order valence-corrected chi connectivity index (χ1v) is 12.3. The highest BCUT2D eigenvalue weighted by molar-refractivity contribution is 7.91. The molecule has 34 heavy (non-hydrogen) atoms. The second kappa shape index (κ2) is 9.22.